The predicted molar refractivity (Wildman–Crippen MR) is 87.1 cm³/mol. The maximum absolute atomic E-state index is 13.0. The van der Waals surface area contributed by atoms with Crippen molar-refractivity contribution in [2.24, 2.45) is 11.7 Å². The summed E-state index contributed by atoms with van der Waals surface area (Å²) in [6.45, 7) is 6.66. The van der Waals surface area contributed by atoms with Gasteiger partial charge in [0.25, 0.3) is 5.91 Å². The second-order valence-electron chi connectivity index (χ2n) is 6.26. The van der Waals surface area contributed by atoms with E-state index in [1.807, 2.05) is 29.2 Å². The molecule has 0 aliphatic carbocycles. The summed E-state index contributed by atoms with van der Waals surface area (Å²) in [7, 11) is 0. The minimum atomic E-state index is 0.130. The third-order valence-electron chi connectivity index (χ3n) is 4.74. The molecule has 0 spiro atoms. The fraction of sp³-hybridized carbons (Fsp3) is 0.588. The van der Waals surface area contributed by atoms with Gasteiger partial charge in [0.05, 0.1) is 18.8 Å². The van der Waals surface area contributed by atoms with Gasteiger partial charge in [0, 0.05) is 31.4 Å². The van der Waals surface area contributed by atoms with Crippen molar-refractivity contribution in [2.75, 3.05) is 44.3 Å². The van der Waals surface area contributed by atoms with Crippen LogP contribution in [0.3, 0.4) is 0 Å². The van der Waals surface area contributed by atoms with E-state index in [2.05, 4.69) is 11.8 Å². The molecule has 1 amide bonds. The predicted octanol–water partition coefficient (Wildman–Crippen LogP) is 1.33. The lowest BCUT2D eigenvalue weighted by Crippen LogP contribution is -2.39. The highest BCUT2D eigenvalue weighted by Gasteiger charge is 2.33. The second-order valence-corrected chi connectivity index (χ2v) is 6.26. The van der Waals surface area contributed by atoms with Crippen LogP contribution < -0.4 is 10.6 Å². The molecule has 2 aliphatic rings. The number of morpholine rings is 1. The smallest absolute Gasteiger partial charge is 0.256 e. The van der Waals surface area contributed by atoms with Crippen molar-refractivity contribution in [1.82, 2.24) is 4.90 Å². The SMILES string of the molecule is CC1CC(CN)CN1C(=O)c1ccccc1N1CCOCC1. The van der Waals surface area contributed by atoms with Gasteiger partial charge in [-0.05, 0) is 37.9 Å². The summed E-state index contributed by atoms with van der Waals surface area (Å²) in [6, 6.07) is 8.18. The molecule has 0 aromatic heterocycles. The molecule has 2 heterocycles. The van der Waals surface area contributed by atoms with E-state index in [1.165, 1.54) is 0 Å². The number of carbonyl (C=O) groups excluding carboxylic acids is 1. The Balaban J connectivity index is 1.83. The van der Waals surface area contributed by atoms with Crippen molar-refractivity contribution in [2.45, 2.75) is 19.4 Å². The Morgan fingerprint density at radius 3 is 2.73 bits per heavy atom. The highest BCUT2D eigenvalue weighted by Crippen LogP contribution is 2.28. The van der Waals surface area contributed by atoms with Gasteiger partial charge >= 0.3 is 0 Å². The van der Waals surface area contributed by atoms with Gasteiger partial charge in [0.1, 0.15) is 0 Å². The average Bonchev–Trinajstić information content (AvgIpc) is 2.96. The van der Waals surface area contributed by atoms with Gasteiger partial charge in [-0.25, -0.2) is 0 Å². The molecular formula is C17H25N3O2. The monoisotopic (exact) mass is 303 g/mol. The van der Waals surface area contributed by atoms with Crippen molar-refractivity contribution < 1.29 is 9.53 Å². The van der Waals surface area contributed by atoms with Crippen LogP contribution in [0, 0.1) is 5.92 Å². The summed E-state index contributed by atoms with van der Waals surface area (Å²) in [5.74, 6) is 0.556. The number of hydrogen-bond acceptors (Lipinski definition) is 4. The van der Waals surface area contributed by atoms with E-state index in [4.69, 9.17) is 10.5 Å². The van der Waals surface area contributed by atoms with Crippen molar-refractivity contribution in [1.29, 1.82) is 0 Å². The fourth-order valence-electron chi connectivity index (χ4n) is 3.49. The van der Waals surface area contributed by atoms with Crippen LogP contribution in [0.4, 0.5) is 5.69 Å². The van der Waals surface area contributed by atoms with Crippen LogP contribution in [0.25, 0.3) is 0 Å². The van der Waals surface area contributed by atoms with Crippen LogP contribution in [0.15, 0.2) is 24.3 Å². The van der Waals surface area contributed by atoms with Crippen molar-refractivity contribution in [3.05, 3.63) is 29.8 Å². The van der Waals surface area contributed by atoms with Crippen molar-refractivity contribution in [3.63, 3.8) is 0 Å². The van der Waals surface area contributed by atoms with Crippen LogP contribution in [0.5, 0.6) is 0 Å². The van der Waals surface area contributed by atoms with Gasteiger partial charge in [0.15, 0.2) is 0 Å². The van der Waals surface area contributed by atoms with Crippen LogP contribution >= 0.6 is 0 Å². The molecule has 2 atom stereocenters. The first-order chi connectivity index (χ1) is 10.7. The summed E-state index contributed by atoms with van der Waals surface area (Å²) in [5.41, 5.74) is 7.61. The van der Waals surface area contributed by atoms with E-state index in [1.54, 1.807) is 0 Å². The van der Waals surface area contributed by atoms with Gasteiger partial charge in [-0.15, -0.1) is 0 Å². The summed E-state index contributed by atoms with van der Waals surface area (Å²) >= 11 is 0. The quantitative estimate of drug-likeness (QED) is 0.915. The van der Waals surface area contributed by atoms with Gasteiger partial charge < -0.3 is 20.3 Å². The standard InChI is InChI=1S/C17H25N3O2/c1-13-10-14(11-18)12-20(13)17(21)15-4-2-3-5-16(15)19-6-8-22-9-7-19/h2-5,13-14H,6-12,18H2,1H3. The van der Waals surface area contributed by atoms with Gasteiger partial charge in [0.2, 0.25) is 0 Å². The molecule has 120 valence electrons. The highest BCUT2D eigenvalue weighted by atomic mass is 16.5. The zero-order chi connectivity index (χ0) is 15.5. The van der Waals surface area contributed by atoms with E-state index in [-0.39, 0.29) is 11.9 Å². The van der Waals surface area contributed by atoms with E-state index in [0.717, 1.165) is 50.5 Å². The fourth-order valence-corrected chi connectivity index (χ4v) is 3.49. The number of likely N-dealkylation sites (tertiary alicyclic amines) is 1. The Morgan fingerprint density at radius 2 is 2.05 bits per heavy atom. The van der Waals surface area contributed by atoms with Gasteiger partial charge in [-0.1, -0.05) is 12.1 Å². The van der Waals surface area contributed by atoms with Gasteiger partial charge in [-0.3, -0.25) is 4.79 Å². The van der Waals surface area contributed by atoms with Crippen LogP contribution in [0.1, 0.15) is 23.7 Å². The molecule has 5 nitrogen and oxygen atoms in total. The molecule has 0 bridgehead atoms. The number of rotatable bonds is 3. The Morgan fingerprint density at radius 1 is 1.32 bits per heavy atom. The second kappa shape index (κ2) is 6.67. The number of carbonyl (C=O) groups is 1. The molecule has 0 saturated carbocycles. The number of para-hydroxylation sites is 1. The first-order valence-corrected chi connectivity index (χ1v) is 8.13. The topological polar surface area (TPSA) is 58.8 Å². The molecule has 1 aromatic carbocycles. The zero-order valence-electron chi connectivity index (χ0n) is 13.2. The number of nitrogens with two attached hydrogens (primary N) is 1. The number of hydrogen-bond donors (Lipinski definition) is 1. The lowest BCUT2D eigenvalue weighted by atomic mass is 10.1. The normalized spacial score (nSPS) is 25.5. The minimum Gasteiger partial charge on any atom is -0.378 e. The Labute approximate surface area is 132 Å². The molecular weight excluding hydrogens is 278 g/mol. The number of amides is 1. The highest BCUT2D eigenvalue weighted by molar-refractivity contribution is 6.00. The first-order valence-electron chi connectivity index (χ1n) is 8.13. The van der Waals surface area contributed by atoms with E-state index >= 15 is 0 Å². The van der Waals surface area contributed by atoms with E-state index in [0.29, 0.717) is 12.5 Å². The summed E-state index contributed by atoms with van der Waals surface area (Å²) in [5, 5.41) is 0. The molecule has 2 unspecified atom stereocenters. The Bertz CT molecular complexity index is 528. The third kappa shape index (κ3) is 2.96. The molecule has 2 saturated heterocycles. The maximum atomic E-state index is 13.0. The molecule has 0 radical (unpaired) electrons. The van der Waals surface area contributed by atoms with Gasteiger partial charge in [-0.2, -0.15) is 0 Å². The zero-order valence-corrected chi connectivity index (χ0v) is 13.2. The summed E-state index contributed by atoms with van der Waals surface area (Å²) in [6.07, 6.45) is 1.00. The first kappa shape index (κ1) is 15.3. The minimum absolute atomic E-state index is 0.130. The van der Waals surface area contributed by atoms with Crippen LogP contribution in [-0.2, 0) is 4.74 Å². The molecule has 2 fully saturated rings. The lowest BCUT2D eigenvalue weighted by molar-refractivity contribution is 0.0743. The largest absolute Gasteiger partial charge is 0.378 e. The third-order valence-corrected chi connectivity index (χ3v) is 4.74. The maximum Gasteiger partial charge on any atom is 0.256 e. The molecule has 2 aliphatic heterocycles. The molecule has 1 aromatic rings. The molecule has 22 heavy (non-hydrogen) atoms. The molecule has 3 rings (SSSR count). The van der Waals surface area contributed by atoms with E-state index < -0.39 is 0 Å². The lowest BCUT2D eigenvalue weighted by Gasteiger charge is -2.31. The number of benzene rings is 1. The van der Waals surface area contributed by atoms with Crippen LogP contribution in [0.2, 0.25) is 0 Å². The number of anilines is 1. The molecule has 2 N–H and O–H groups in total. The average molecular weight is 303 g/mol. The van der Waals surface area contributed by atoms with Crippen LogP contribution in [-0.4, -0.2) is 56.2 Å². The van der Waals surface area contributed by atoms with Crippen molar-refractivity contribution >= 4 is 11.6 Å². The summed E-state index contributed by atoms with van der Waals surface area (Å²) < 4.78 is 5.42. The van der Waals surface area contributed by atoms with E-state index in [9.17, 15) is 4.79 Å². The number of ether oxygens (including phenoxy) is 1. The number of nitrogens with zero attached hydrogens (tertiary/aromatic N) is 2. The Hall–Kier alpha value is -1.59. The van der Waals surface area contributed by atoms with Crippen molar-refractivity contribution in [3.8, 4) is 0 Å². The summed E-state index contributed by atoms with van der Waals surface area (Å²) in [4.78, 5) is 17.2. The molecule has 5 heteroatoms. The Kier molecular flexibility index (Phi) is 4.64.